The summed E-state index contributed by atoms with van der Waals surface area (Å²) in [5.41, 5.74) is 1.21. The number of nitrogens with zero attached hydrogens (tertiary/aromatic N) is 4. The van der Waals surface area contributed by atoms with E-state index in [4.69, 9.17) is 14.5 Å². The summed E-state index contributed by atoms with van der Waals surface area (Å²) < 4.78 is 70.1. The number of amides is 1. The van der Waals surface area contributed by atoms with Crippen LogP contribution in [-0.4, -0.2) is 65.2 Å². The fourth-order valence-electron chi connectivity index (χ4n) is 5.86. The molecule has 0 aliphatic carbocycles. The third-order valence-electron chi connectivity index (χ3n) is 8.19. The summed E-state index contributed by atoms with van der Waals surface area (Å²) in [6.07, 6.45) is 2.50. The second kappa shape index (κ2) is 13.1. The molecule has 10 nitrogen and oxygen atoms in total. The maximum atomic E-state index is 14.9. The largest absolute Gasteiger partial charge is 0.481 e. The van der Waals surface area contributed by atoms with E-state index in [-0.39, 0.29) is 39.4 Å². The summed E-state index contributed by atoms with van der Waals surface area (Å²) in [7, 11) is -2.66. The molecule has 1 atom stereocenters. The van der Waals surface area contributed by atoms with Crippen LogP contribution in [0.15, 0.2) is 77.8 Å². The summed E-state index contributed by atoms with van der Waals surface area (Å²) >= 11 is 0. The molecule has 13 heteroatoms. The molecule has 2 aromatic heterocycles. The maximum absolute atomic E-state index is 14.9. The predicted octanol–water partition coefficient (Wildman–Crippen LogP) is 7.41. The molecule has 0 saturated carbocycles. The first kappa shape index (κ1) is 33.8. The van der Waals surface area contributed by atoms with Crippen molar-refractivity contribution in [2.24, 2.45) is 0 Å². The van der Waals surface area contributed by atoms with Gasteiger partial charge < -0.3 is 19.7 Å². The third-order valence-corrected chi connectivity index (χ3v) is 9.88. The van der Waals surface area contributed by atoms with Crippen LogP contribution >= 0.6 is 0 Å². The van der Waals surface area contributed by atoms with E-state index in [0.29, 0.717) is 29.7 Å². The average Bonchev–Trinajstić information content (AvgIpc) is 3.44. The monoisotopic (exact) mass is 689 g/mol. The Morgan fingerprint density at radius 2 is 1.71 bits per heavy atom. The number of ether oxygens (including phenoxy) is 2. The Bertz CT molecular complexity index is 2130. The van der Waals surface area contributed by atoms with Gasteiger partial charge in [-0.15, -0.1) is 0 Å². The van der Waals surface area contributed by atoms with Crippen LogP contribution in [0, 0.1) is 18.6 Å². The molecule has 6 rings (SSSR count). The number of benzene rings is 3. The minimum atomic E-state index is -4.11. The van der Waals surface area contributed by atoms with Gasteiger partial charge in [0.1, 0.15) is 17.2 Å². The van der Waals surface area contributed by atoms with Crippen molar-refractivity contribution in [2.45, 2.75) is 57.1 Å². The molecule has 0 radical (unpaired) electrons. The van der Waals surface area contributed by atoms with Crippen molar-refractivity contribution < 1.29 is 31.5 Å². The standard InChI is InChI=1S/C36H37F2N5O5S/c1-22-11-14-25(15-12-22)49(45,46)43-21-27(26-18-23(13-16-31(26)43)33-28(37)9-6-10-29(33)38)30-19-32(47-5)41-34(40-30)39-24-8-7-17-42(20-24)35(44)48-36(2,3)4/h6,9-16,18-19,21,24H,7-8,17,20H2,1-5H3,(H,39,40,41). The lowest BCUT2D eigenvalue weighted by atomic mass is 10.0. The highest BCUT2D eigenvalue weighted by molar-refractivity contribution is 7.90. The highest BCUT2D eigenvalue weighted by Crippen LogP contribution is 2.37. The van der Waals surface area contributed by atoms with Gasteiger partial charge in [-0.1, -0.05) is 29.8 Å². The number of halogens is 2. The number of methoxy groups -OCH3 is 1. The molecule has 256 valence electrons. The first-order valence-electron chi connectivity index (χ1n) is 15.8. The number of carbonyl (C=O) groups is 1. The minimum Gasteiger partial charge on any atom is -0.481 e. The number of carbonyl (C=O) groups excluding carboxylic acids is 1. The molecule has 1 fully saturated rings. The van der Waals surface area contributed by atoms with Gasteiger partial charge in [-0.2, -0.15) is 4.98 Å². The number of fused-ring (bicyclic) bond motifs is 1. The van der Waals surface area contributed by atoms with Gasteiger partial charge in [0.25, 0.3) is 10.0 Å². The van der Waals surface area contributed by atoms with Crippen LogP contribution in [0.4, 0.5) is 19.5 Å². The molecule has 1 saturated heterocycles. The zero-order valence-electron chi connectivity index (χ0n) is 27.8. The fraction of sp³-hybridized carbons (Fsp3) is 0.306. The molecule has 1 aliphatic rings. The van der Waals surface area contributed by atoms with E-state index in [1.54, 1.807) is 29.2 Å². The first-order chi connectivity index (χ1) is 23.2. The highest BCUT2D eigenvalue weighted by atomic mass is 32.2. The molecule has 1 N–H and O–H groups in total. The molecular formula is C36H37F2N5O5S. The summed E-state index contributed by atoms with van der Waals surface area (Å²) in [5, 5.41) is 3.69. The number of hydrogen-bond donors (Lipinski definition) is 1. The van der Waals surface area contributed by atoms with Crippen molar-refractivity contribution >= 4 is 33.0 Å². The van der Waals surface area contributed by atoms with Crippen LogP contribution in [0.2, 0.25) is 0 Å². The van der Waals surface area contributed by atoms with E-state index in [0.717, 1.165) is 22.4 Å². The number of aromatic nitrogens is 3. The number of hydrogen-bond acceptors (Lipinski definition) is 8. The zero-order chi connectivity index (χ0) is 35.1. The van der Waals surface area contributed by atoms with Crippen molar-refractivity contribution in [2.75, 3.05) is 25.5 Å². The number of piperidine rings is 1. The zero-order valence-corrected chi connectivity index (χ0v) is 28.6. The van der Waals surface area contributed by atoms with Gasteiger partial charge in [-0.05, 0) is 82.5 Å². The van der Waals surface area contributed by atoms with Gasteiger partial charge >= 0.3 is 6.09 Å². The molecule has 3 aromatic carbocycles. The third kappa shape index (κ3) is 7.07. The number of anilines is 1. The van der Waals surface area contributed by atoms with Crippen LogP contribution in [0.5, 0.6) is 5.88 Å². The highest BCUT2D eigenvalue weighted by Gasteiger charge is 2.29. The van der Waals surface area contributed by atoms with E-state index in [2.05, 4.69) is 10.3 Å². The quantitative estimate of drug-likeness (QED) is 0.188. The lowest BCUT2D eigenvalue weighted by molar-refractivity contribution is 0.0206. The Kier molecular flexibility index (Phi) is 9.05. The van der Waals surface area contributed by atoms with Crippen molar-refractivity contribution in [3.8, 4) is 28.3 Å². The minimum absolute atomic E-state index is 0.0697. The predicted molar refractivity (Wildman–Crippen MR) is 183 cm³/mol. The van der Waals surface area contributed by atoms with Crippen LogP contribution in [0.3, 0.4) is 0 Å². The molecule has 5 aromatic rings. The Morgan fingerprint density at radius 3 is 2.39 bits per heavy atom. The summed E-state index contributed by atoms with van der Waals surface area (Å²) in [4.78, 5) is 23.7. The van der Waals surface area contributed by atoms with Crippen molar-refractivity contribution in [3.05, 3.63) is 90.1 Å². The molecule has 49 heavy (non-hydrogen) atoms. The van der Waals surface area contributed by atoms with Gasteiger partial charge in [0.05, 0.1) is 28.8 Å². The molecule has 1 amide bonds. The summed E-state index contributed by atoms with van der Waals surface area (Å²) in [6.45, 7) is 8.21. The number of aryl methyl sites for hydroxylation is 1. The number of nitrogens with one attached hydrogen (secondary N) is 1. The summed E-state index contributed by atoms with van der Waals surface area (Å²) in [5.74, 6) is -1.11. The van der Waals surface area contributed by atoms with Crippen LogP contribution in [0.25, 0.3) is 33.3 Å². The van der Waals surface area contributed by atoms with Gasteiger partial charge in [-0.25, -0.2) is 30.9 Å². The van der Waals surface area contributed by atoms with E-state index in [9.17, 15) is 22.0 Å². The van der Waals surface area contributed by atoms with Crippen LogP contribution < -0.4 is 10.1 Å². The van der Waals surface area contributed by atoms with E-state index >= 15 is 0 Å². The maximum Gasteiger partial charge on any atom is 0.410 e. The molecule has 1 unspecified atom stereocenters. The second-order valence-electron chi connectivity index (χ2n) is 13.0. The van der Waals surface area contributed by atoms with Crippen molar-refractivity contribution in [1.29, 1.82) is 0 Å². The Morgan fingerprint density at radius 1 is 1.00 bits per heavy atom. The summed E-state index contributed by atoms with van der Waals surface area (Å²) in [6, 6.07) is 16.0. The fourth-order valence-corrected chi connectivity index (χ4v) is 7.23. The van der Waals surface area contributed by atoms with Crippen molar-refractivity contribution in [1.82, 2.24) is 18.8 Å². The van der Waals surface area contributed by atoms with Crippen LogP contribution in [-0.2, 0) is 14.8 Å². The van der Waals surface area contributed by atoms with E-state index < -0.39 is 33.4 Å². The number of likely N-dealkylation sites (tertiary alicyclic amines) is 1. The first-order valence-corrected chi connectivity index (χ1v) is 17.3. The Balaban J connectivity index is 1.45. The Labute approximate surface area is 283 Å². The molecular weight excluding hydrogens is 652 g/mol. The molecule has 0 bridgehead atoms. The average molecular weight is 690 g/mol. The number of rotatable bonds is 7. The second-order valence-corrected chi connectivity index (χ2v) is 14.8. The lowest BCUT2D eigenvalue weighted by Crippen LogP contribution is -2.47. The molecule has 3 heterocycles. The van der Waals surface area contributed by atoms with E-state index in [1.807, 2.05) is 27.7 Å². The van der Waals surface area contributed by atoms with Gasteiger partial charge in [0, 0.05) is 42.3 Å². The topological polar surface area (TPSA) is 116 Å². The lowest BCUT2D eigenvalue weighted by Gasteiger charge is -2.34. The van der Waals surface area contributed by atoms with Gasteiger partial charge in [0.2, 0.25) is 11.8 Å². The SMILES string of the molecule is COc1cc(-c2cn(S(=O)(=O)c3ccc(C)cc3)c3ccc(-c4c(F)cccc4F)cc23)nc(NC2CCCN(C(=O)OC(C)(C)C)C2)n1. The smallest absolute Gasteiger partial charge is 0.410 e. The van der Waals surface area contributed by atoms with Gasteiger partial charge in [-0.3, -0.25) is 0 Å². The van der Waals surface area contributed by atoms with Crippen molar-refractivity contribution in [3.63, 3.8) is 0 Å². The Hall–Kier alpha value is -5.04. The van der Waals surface area contributed by atoms with E-state index in [1.165, 1.54) is 55.8 Å². The molecule has 1 aliphatic heterocycles. The normalized spacial score (nSPS) is 15.3. The van der Waals surface area contributed by atoms with Crippen LogP contribution in [0.1, 0.15) is 39.2 Å². The molecule has 0 spiro atoms. The van der Waals surface area contributed by atoms with Gasteiger partial charge in [0.15, 0.2) is 0 Å².